The number of carbonyl (C=O) groups excluding carboxylic acids is 1. The fourth-order valence-electron chi connectivity index (χ4n) is 0.675. The minimum absolute atomic E-state index is 0.0451. The van der Waals surface area contributed by atoms with Gasteiger partial charge in [0.05, 0.1) is 5.60 Å². The molecule has 0 saturated heterocycles. The van der Waals surface area contributed by atoms with Gasteiger partial charge in [-0.3, -0.25) is 4.79 Å². The molecule has 0 aliphatic carbocycles. The Labute approximate surface area is 72.9 Å². The number of hydrogen-bond acceptors (Lipinski definition) is 3. The molecule has 1 amide bonds. The summed E-state index contributed by atoms with van der Waals surface area (Å²) in [6.45, 7) is 3.79. The van der Waals surface area contributed by atoms with Crippen LogP contribution in [-0.4, -0.2) is 36.9 Å². The summed E-state index contributed by atoms with van der Waals surface area (Å²) in [6.07, 6.45) is 0.532. The number of carbonyl (C=O) groups is 1. The van der Waals surface area contributed by atoms with Crippen molar-refractivity contribution in [3.63, 3.8) is 0 Å². The molecule has 0 aromatic rings. The molecule has 2 N–H and O–H groups in total. The number of aliphatic hydroxyl groups excluding tert-OH is 1. The molecule has 0 spiro atoms. The zero-order valence-electron chi connectivity index (χ0n) is 7.89. The molecule has 0 unspecified atom stereocenters. The molecule has 12 heavy (non-hydrogen) atoms. The van der Waals surface area contributed by atoms with Crippen LogP contribution in [0.4, 0.5) is 0 Å². The van der Waals surface area contributed by atoms with Crippen molar-refractivity contribution in [1.29, 1.82) is 0 Å². The maximum Gasteiger partial charge on any atom is 0.245 e. The molecule has 0 radical (unpaired) electrons. The molecule has 72 valence electrons. The van der Waals surface area contributed by atoms with Crippen molar-refractivity contribution < 1.29 is 14.6 Å². The normalized spacial score (nSPS) is 11.3. The van der Waals surface area contributed by atoms with E-state index in [1.165, 1.54) is 0 Å². The first-order valence-electron chi connectivity index (χ1n) is 3.97. The van der Waals surface area contributed by atoms with E-state index in [4.69, 9.17) is 9.84 Å². The van der Waals surface area contributed by atoms with Gasteiger partial charge >= 0.3 is 0 Å². The molecule has 0 rings (SSSR count). The van der Waals surface area contributed by atoms with Crippen LogP contribution in [0.25, 0.3) is 0 Å². The first kappa shape index (κ1) is 11.4. The first-order valence-corrected chi connectivity index (χ1v) is 3.97. The first-order chi connectivity index (χ1) is 5.52. The number of amides is 1. The lowest BCUT2D eigenvalue weighted by Crippen LogP contribution is -2.32. The Kier molecular flexibility index (Phi) is 4.85. The van der Waals surface area contributed by atoms with Gasteiger partial charge in [-0.2, -0.15) is 0 Å². The van der Waals surface area contributed by atoms with Gasteiger partial charge in [-0.05, 0) is 20.3 Å². The van der Waals surface area contributed by atoms with Crippen LogP contribution in [0.15, 0.2) is 0 Å². The van der Waals surface area contributed by atoms with Gasteiger partial charge < -0.3 is 15.2 Å². The SMILES string of the molecule is CNC(=O)COC(C)(C)CCO. The fraction of sp³-hybridized carbons (Fsp3) is 0.875. The van der Waals surface area contributed by atoms with E-state index in [1.54, 1.807) is 7.05 Å². The molecule has 0 bridgehead atoms. The van der Waals surface area contributed by atoms with Gasteiger partial charge in [0.2, 0.25) is 5.91 Å². The maximum atomic E-state index is 10.8. The molecule has 0 atom stereocenters. The van der Waals surface area contributed by atoms with Crippen LogP contribution >= 0.6 is 0 Å². The highest BCUT2D eigenvalue weighted by molar-refractivity contribution is 5.76. The Balaban J connectivity index is 3.67. The highest BCUT2D eigenvalue weighted by Crippen LogP contribution is 2.12. The molecular formula is C8H17NO3. The predicted molar refractivity (Wildman–Crippen MR) is 45.8 cm³/mol. The second-order valence-electron chi connectivity index (χ2n) is 3.20. The molecule has 0 aliphatic heterocycles. The van der Waals surface area contributed by atoms with Crippen molar-refractivity contribution in [2.45, 2.75) is 25.9 Å². The van der Waals surface area contributed by atoms with E-state index in [9.17, 15) is 4.79 Å². The lowest BCUT2D eigenvalue weighted by atomic mass is 10.1. The third-order valence-electron chi connectivity index (χ3n) is 1.59. The van der Waals surface area contributed by atoms with Gasteiger partial charge in [-0.1, -0.05) is 0 Å². The predicted octanol–water partition coefficient (Wildman–Crippen LogP) is -0.0900. The third-order valence-corrected chi connectivity index (χ3v) is 1.59. The standard InChI is InChI=1S/C8H17NO3/c1-8(2,4-5-10)12-6-7(11)9-3/h10H,4-6H2,1-3H3,(H,9,11). The minimum Gasteiger partial charge on any atom is -0.396 e. The average Bonchev–Trinajstić information content (AvgIpc) is 2.00. The van der Waals surface area contributed by atoms with Gasteiger partial charge in [-0.25, -0.2) is 0 Å². The minimum atomic E-state index is -0.429. The van der Waals surface area contributed by atoms with Crippen LogP contribution < -0.4 is 5.32 Å². The van der Waals surface area contributed by atoms with Crippen LogP contribution in [0.5, 0.6) is 0 Å². The molecule has 0 heterocycles. The largest absolute Gasteiger partial charge is 0.396 e. The number of hydrogen-bond donors (Lipinski definition) is 2. The molecule has 4 heteroatoms. The summed E-state index contributed by atoms with van der Waals surface area (Å²) in [6, 6.07) is 0. The lowest BCUT2D eigenvalue weighted by Gasteiger charge is -2.23. The monoisotopic (exact) mass is 175 g/mol. The molecule has 0 fully saturated rings. The summed E-state index contributed by atoms with van der Waals surface area (Å²) >= 11 is 0. The molecule has 0 aromatic carbocycles. The molecule has 0 aliphatic rings. The quantitative estimate of drug-likeness (QED) is 0.614. The second kappa shape index (κ2) is 5.11. The number of aliphatic hydroxyl groups is 1. The Bertz CT molecular complexity index is 145. The van der Waals surface area contributed by atoms with E-state index >= 15 is 0 Å². The van der Waals surface area contributed by atoms with E-state index in [1.807, 2.05) is 13.8 Å². The number of nitrogens with one attached hydrogen (secondary N) is 1. The van der Waals surface area contributed by atoms with E-state index < -0.39 is 5.60 Å². The maximum absolute atomic E-state index is 10.8. The van der Waals surface area contributed by atoms with Crippen molar-refractivity contribution in [2.75, 3.05) is 20.3 Å². The Morgan fingerprint density at radius 2 is 2.17 bits per heavy atom. The van der Waals surface area contributed by atoms with Crippen molar-refractivity contribution in [1.82, 2.24) is 5.32 Å². The number of ether oxygens (including phenoxy) is 1. The van der Waals surface area contributed by atoms with Crippen molar-refractivity contribution >= 4 is 5.91 Å². The molecule has 4 nitrogen and oxygen atoms in total. The van der Waals surface area contributed by atoms with Crippen LogP contribution in [0.3, 0.4) is 0 Å². The van der Waals surface area contributed by atoms with Crippen LogP contribution in [0.2, 0.25) is 0 Å². The van der Waals surface area contributed by atoms with E-state index in [-0.39, 0.29) is 19.1 Å². The topological polar surface area (TPSA) is 58.6 Å². The van der Waals surface area contributed by atoms with Crippen LogP contribution in [-0.2, 0) is 9.53 Å². The highest BCUT2D eigenvalue weighted by Gasteiger charge is 2.18. The van der Waals surface area contributed by atoms with Crippen molar-refractivity contribution in [3.05, 3.63) is 0 Å². The summed E-state index contributed by atoms with van der Waals surface area (Å²) in [7, 11) is 1.56. The molecular weight excluding hydrogens is 158 g/mol. The lowest BCUT2D eigenvalue weighted by molar-refractivity contribution is -0.131. The fourth-order valence-corrected chi connectivity index (χ4v) is 0.675. The van der Waals surface area contributed by atoms with Gasteiger partial charge in [0.25, 0.3) is 0 Å². The van der Waals surface area contributed by atoms with E-state index in [0.717, 1.165) is 0 Å². The zero-order chi connectivity index (χ0) is 9.61. The average molecular weight is 175 g/mol. The molecule has 0 aromatic heterocycles. The number of rotatable bonds is 5. The van der Waals surface area contributed by atoms with Gasteiger partial charge in [-0.15, -0.1) is 0 Å². The number of likely N-dealkylation sites (N-methyl/N-ethyl adjacent to an activating group) is 1. The summed E-state index contributed by atoms with van der Waals surface area (Å²) in [5.74, 6) is -0.152. The van der Waals surface area contributed by atoms with Crippen LogP contribution in [0.1, 0.15) is 20.3 Å². The summed E-state index contributed by atoms with van der Waals surface area (Å²) < 4.78 is 5.25. The Hall–Kier alpha value is -0.610. The second-order valence-corrected chi connectivity index (χ2v) is 3.20. The van der Waals surface area contributed by atoms with Gasteiger partial charge in [0.1, 0.15) is 6.61 Å². The van der Waals surface area contributed by atoms with Crippen molar-refractivity contribution in [2.24, 2.45) is 0 Å². The summed E-state index contributed by atoms with van der Waals surface area (Å²) in [4.78, 5) is 10.8. The highest BCUT2D eigenvalue weighted by atomic mass is 16.5. The molecule has 0 saturated carbocycles. The van der Waals surface area contributed by atoms with E-state index in [2.05, 4.69) is 5.32 Å². The Morgan fingerprint density at radius 3 is 2.58 bits per heavy atom. The summed E-state index contributed by atoms with van der Waals surface area (Å²) in [5, 5.41) is 11.1. The Morgan fingerprint density at radius 1 is 1.58 bits per heavy atom. The van der Waals surface area contributed by atoms with Gasteiger partial charge in [0, 0.05) is 13.7 Å². The van der Waals surface area contributed by atoms with Gasteiger partial charge in [0.15, 0.2) is 0 Å². The van der Waals surface area contributed by atoms with Crippen LogP contribution in [0, 0.1) is 0 Å². The van der Waals surface area contributed by atoms with E-state index in [0.29, 0.717) is 6.42 Å². The van der Waals surface area contributed by atoms with Crippen molar-refractivity contribution in [3.8, 4) is 0 Å². The smallest absolute Gasteiger partial charge is 0.245 e. The zero-order valence-corrected chi connectivity index (χ0v) is 7.89. The summed E-state index contributed by atoms with van der Waals surface area (Å²) in [5.41, 5.74) is -0.429. The third kappa shape index (κ3) is 5.09.